The molecule has 2 aromatic heterocycles. The summed E-state index contributed by atoms with van der Waals surface area (Å²) in [6, 6.07) is 1.37. The van der Waals surface area contributed by atoms with Crippen LogP contribution in [-0.4, -0.2) is 19.9 Å². The van der Waals surface area contributed by atoms with Gasteiger partial charge in [-0.1, -0.05) is 0 Å². The molecule has 76 valence electrons. The lowest BCUT2D eigenvalue weighted by Crippen LogP contribution is -2.05. The summed E-state index contributed by atoms with van der Waals surface area (Å²) in [5.41, 5.74) is -0.170. The molecule has 1 N–H and O–H groups in total. The maximum atomic E-state index is 11.0. The number of rotatable bonds is 2. The van der Waals surface area contributed by atoms with Gasteiger partial charge in [-0.3, -0.25) is 4.79 Å². The minimum Gasteiger partial charge on any atom is -0.301 e. The van der Waals surface area contributed by atoms with Crippen molar-refractivity contribution in [2.24, 2.45) is 0 Å². The third-order valence-electron chi connectivity index (χ3n) is 1.48. The van der Waals surface area contributed by atoms with E-state index in [0.29, 0.717) is 5.16 Å². The van der Waals surface area contributed by atoms with Gasteiger partial charge in [-0.05, 0) is 34.4 Å². The van der Waals surface area contributed by atoms with Crippen LogP contribution >= 0.6 is 34.4 Å². The number of nitrogens with one attached hydrogen (secondary N) is 1. The van der Waals surface area contributed by atoms with E-state index < -0.39 is 0 Å². The van der Waals surface area contributed by atoms with Gasteiger partial charge in [0.05, 0.1) is 3.57 Å². The quantitative estimate of drug-likeness (QED) is 0.510. The standard InChI is InChI=1S/C8H5IN4OS/c9-5-3-10-4-12-7(5)15-8-11-2-1-6(14)13-8/h1-4H,(H,11,13,14). The van der Waals surface area contributed by atoms with Crippen molar-refractivity contribution in [1.29, 1.82) is 0 Å². The normalized spacial score (nSPS) is 10.2. The Kier molecular flexibility index (Phi) is 3.31. The zero-order valence-corrected chi connectivity index (χ0v) is 10.3. The first kappa shape index (κ1) is 10.6. The van der Waals surface area contributed by atoms with E-state index in [1.54, 1.807) is 6.20 Å². The second-order valence-electron chi connectivity index (χ2n) is 2.52. The first-order valence-electron chi connectivity index (χ1n) is 3.94. The van der Waals surface area contributed by atoms with E-state index in [4.69, 9.17) is 0 Å². The van der Waals surface area contributed by atoms with Crippen molar-refractivity contribution in [3.63, 3.8) is 0 Å². The fourth-order valence-electron chi connectivity index (χ4n) is 0.872. The largest absolute Gasteiger partial charge is 0.301 e. The summed E-state index contributed by atoms with van der Waals surface area (Å²) in [7, 11) is 0. The molecule has 0 aliphatic carbocycles. The average molecular weight is 332 g/mol. The van der Waals surface area contributed by atoms with Crippen molar-refractivity contribution < 1.29 is 0 Å². The number of nitrogens with zero attached hydrogens (tertiary/aromatic N) is 3. The van der Waals surface area contributed by atoms with Gasteiger partial charge in [0.2, 0.25) is 0 Å². The maximum Gasteiger partial charge on any atom is 0.251 e. The zero-order chi connectivity index (χ0) is 10.7. The van der Waals surface area contributed by atoms with Gasteiger partial charge in [-0.2, -0.15) is 0 Å². The van der Waals surface area contributed by atoms with Gasteiger partial charge >= 0.3 is 0 Å². The molecule has 0 atom stereocenters. The third-order valence-corrected chi connectivity index (χ3v) is 3.55. The highest BCUT2D eigenvalue weighted by molar-refractivity contribution is 14.1. The Morgan fingerprint density at radius 1 is 1.40 bits per heavy atom. The number of hydrogen-bond acceptors (Lipinski definition) is 5. The molecular formula is C8H5IN4OS. The number of aromatic nitrogens is 4. The molecule has 0 saturated carbocycles. The molecule has 0 spiro atoms. The van der Waals surface area contributed by atoms with Crippen LogP contribution in [0.3, 0.4) is 0 Å². The minimum atomic E-state index is -0.170. The molecule has 0 amide bonds. The lowest BCUT2D eigenvalue weighted by Gasteiger charge is -2.00. The molecule has 2 aromatic rings. The molecule has 0 aliphatic heterocycles. The van der Waals surface area contributed by atoms with E-state index in [0.717, 1.165) is 8.60 Å². The van der Waals surface area contributed by atoms with E-state index in [2.05, 4.69) is 42.5 Å². The maximum absolute atomic E-state index is 11.0. The van der Waals surface area contributed by atoms with Crippen molar-refractivity contribution >= 4 is 34.4 Å². The fourth-order valence-corrected chi connectivity index (χ4v) is 2.20. The Morgan fingerprint density at radius 2 is 2.27 bits per heavy atom. The molecular weight excluding hydrogens is 327 g/mol. The lowest BCUT2D eigenvalue weighted by atomic mass is 10.7. The Bertz CT molecular complexity index is 530. The van der Waals surface area contributed by atoms with Crippen molar-refractivity contribution in [1.82, 2.24) is 19.9 Å². The smallest absolute Gasteiger partial charge is 0.251 e. The SMILES string of the molecule is O=c1ccnc(Sc2ncncc2I)[nH]1. The zero-order valence-electron chi connectivity index (χ0n) is 7.35. The molecule has 0 fully saturated rings. The summed E-state index contributed by atoms with van der Waals surface area (Å²) in [5.74, 6) is 0. The molecule has 5 nitrogen and oxygen atoms in total. The molecule has 7 heteroatoms. The van der Waals surface area contributed by atoms with Crippen molar-refractivity contribution in [3.8, 4) is 0 Å². The van der Waals surface area contributed by atoms with Crippen molar-refractivity contribution in [3.05, 3.63) is 38.7 Å². The van der Waals surface area contributed by atoms with Crippen molar-refractivity contribution in [2.45, 2.75) is 10.2 Å². The van der Waals surface area contributed by atoms with Gasteiger partial charge in [-0.25, -0.2) is 15.0 Å². The van der Waals surface area contributed by atoms with Gasteiger partial charge < -0.3 is 4.98 Å². The first-order valence-corrected chi connectivity index (χ1v) is 5.84. The molecule has 2 rings (SSSR count). The summed E-state index contributed by atoms with van der Waals surface area (Å²) in [6.45, 7) is 0. The Hall–Kier alpha value is -0.960. The van der Waals surface area contributed by atoms with Gasteiger partial charge in [-0.15, -0.1) is 0 Å². The number of aromatic amines is 1. The topological polar surface area (TPSA) is 71.5 Å². The highest BCUT2D eigenvalue weighted by Crippen LogP contribution is 2.24. The van der Waals surface area contributed by atoms with E-state index >= 15 is 0 Å². The predicted molar refractivity (Wildman–Crippen MR) is 63.7 cm³/mol. The molecule has 0 aromatic carbocycles. The molecule has 0 unspecified atom stereocenters. The Balaban J connectivity index is 2.30. The highest BCUT2D eigenvalue weighted by Gasteiger charge is 2.04. The monoisotopic (exact) mass is 332 g/mol. The Labute approximate surface area is 103 Å². The van der Waals surface area contributed by atoms with Crippen molar-refractivity contribution in [2.75, 3.05) is 0 Å². The Morgan fingerprint density at radius 3 is 3.00 bits per heavy atom. The summed E-state index contributed by atoms with van der Waals surface area (Å²) < 4.78 is 0.923. The third kappa shape index (κ3) is 2.75. The van der Waals surface area contributed by atoms with Gasteiger partial charge in [0.25, 0.3) is 5.56 Å². The number of hydrogen-bond donors (Lipinski definition) is 1. The molecule has 2 heterocycles. The number of halogens is 1. The summed E-state index contributed by atoms with van der Waals surface area (Å²) in [6.07, 6.45) is 4.64. The van der Waals surface area contributed by atoms with Crippen LogP contribution < -0.4 is 5.56 Å². The van der Waals surface area contributed by atoms with Crippen LogP contribution in [0.15, 0.2) is 39.8 Å². The van der Waals surface area contributed by atoms with E-state index in [9.17, 15) is 4.79 Å². The van der Waals surface area contributed by atoms with Crippen LogP contribution in [0, 0.1) is 3.57 Å². The fraction of sp³-hybridized carbons (Fsp3) is 0. The second-order valence-corrected chi connectivity index (χ2v) is 4.66. The van der Waals surface area contributed by atoms with Crippen LogP contribution in [0.2, 0.25) is 0 Å². The van der Waals surface area contributed by atoms with Crippen LogP contribution in [-0.2, 0) is 0 Å². The molecule has 0 saturated heterocycles. The molecule has 0 bridgehead atoms. The highest BCUT2D eigenvalue weighted by atomic mass is 127. The van der Waals surface area contributed by atoms with E-state index in [1.807, 2.05) is 0 Å². The van der Waals surface area contributed by atoms with E-state index in [1.165, 1.54) is 30.4 Å². The van der Waals surface area contributed by atoms with E-state index in [-0.39, 0.29) is 5.56 Å². The molecule has 15 heavy (non-hydrogen) atoms. The van der Waals surface area contributed by atoms with Gasteiger partial charge in [0, 0.05) is 18.5 Å². The lowest BCUT2D eigenvalue weighted by molar-refractivity contribution is 0.926. The molecule has 0 radical (unpaired) electrons. The van der Waals surface area contributed by atoms with Crippen LogP contribution in [0.5, 0.6) is 0 Å². The minimum absolute atomic E-state index is 0.170. The summed E-state index contributed by atoms with van der Waals surface area (Å²) >= 11 is 3.43. The summed E-state index contributed by atoms with van der Waals surface area (Å²) in [5, 5.41) is 1.30. The van der Waals surface area contributed by atoms with Gasteiger partial charge in [0.15, 0.2) is 5.16 Å². The van der Waals surface area contributed by atoms with Gasteiger partial charge in [0.1, 0.15) is 11.4 Å². The van der Waals surface area contributed by atoms with Crippen LogP contribution in [0.4, 0.5) is 0 Å². The van der Waals surface area contributed by atoms with Crippen LogP contribution in [0.25, 0.3) is 0 Å². The summed E-state index contributed by atoms with van der Waals surface area (Å²) in [4.78, 5) is 25.6. The first-order chi connectivity index (χ1) is 7.25. The molecule has 0 aliphatic rings. The van der Waals surface area contributed by atoms with Crippen LogP contribution in [0.1, 0.15) is 0 Å². The number of H-pyrrole nitrogens is 1. The predicted octanol–water partition coefficient (Wildman–Crippen LogP) is 1.32. The second kappa shape index (κ2) is 4.71. The average Bonchev–Trinajstić information content (AvgIpc) is 2.22.